The number of nitrogens with two attached hydrogens (primary N) is 1. The van der Waals surface area contributed by atoms with Crippen LogP contribution in [0, 0.1) is 0 Å². The normalized spacial score (nSPS) is 11.9. The largest absolute Gasteiger partial charge is 0.397 e. The van der Waals surface area contributed by atoms with Crippen molar-refractivity contribution in [2.24, 2.45) is 5.10 Å². The van der Waals surface area contributed by atoms with Gasteiger partial charge in [-0.2, -0.15) is 5.10 Å². The van der Waals surface area contributed by atoms with Crippen LogP contribution in [-0.2, 0) is 23.2 Å². The third-order valence-electron chi connectivity index (χ3n) is 6.22. The molecule has 2 N–H and O–H groups in total. The number of anilines is 1. The Kier molecular flexibility index (Phi) is 9.23. The van der Waals surface area contributed by atoms with E-state index in [1.165, 1.54) is 16.7 Å². The standard InChI is InChI=1S/C30H39N5O/c1-6-35(22-36)29(33-34(5)21-24-12-16-26(17-13-24)30(2,3)4)9-7-8-23-10-14-25(15-11-23)28-19-18-27(31)20-32-28/h10-20,22H,6-9,21,31H2,1-5H3/b33-29-. The summed E-state index contributed by atoms with van der Waals surface area (Å²) < 4.78 is 0. The van der Waals surface area contributed by atoms with Crippen LogP contribution in [-0.4, -0.2) is 40.7 Å². The summed E-state index contributed by atoms with van der Waals surface area (Å²) in [7, 11) is 1.96. The van der Waals surface area contributed by atoms with Crippen LogP contribution in [0.25, 0.3) is 11.3 Å². The minimum Gasteiger partial charge on any atom is -0.397 e. The minimum absolute atomic E-state index is 0.134. The molecule has 6 nitrogen and oxygen atoms in total. The molecule has 3 aromatic rings. The zero-order chi connectivity index (χ0) is 26.1. The molecule has 0 aliphatic heterocycles. The first-order valence-corrected chi connectivity index (χ1v) is 12.6. The smallest absolute Gasteiger partial charge is 0.215 e. The van der Waals surface area contributed by atoms with Gasteiger partial charge in [0.1, 0.15) is 5.84 Å². The number of benzene rings is 2. The molecule has 1 heterocycles. The first-order chi connectivity index (χ1) is 17.2. The van der Waals surface area contributed by atoms with Gasteiger partial charge in [-0.1, -0.05) is 69.3 Å². The molecule has 1 aromatic heterocycles. The zero-order valence-corrected chi connectivity index (χ0v) is 22.2. The molecule has 1 amide bonds. The number of hydrazone groups is 1. The van der Waals surface area contributed by atoms with Gasteiger partial charge in [0, 0.05) is 25.6 Å². The lowest BCUT2D eigenvalue weighted by Gasteiger charge is -2.22. The van der Waals surface area contributed by atoms with Gasteiger partial charge < -0.3 is 10.6 Å². The summed E-state index contributed by atoms with van der Waals surface area (Å²) in [6.07, 6.45) is 5.08. The number of aryl methyl sites for hydroxylation is 1. The van der Waals surface area contributed by atoms with E-state index in [-0.39, 0.29) is 5.41 Å². The topological polar surface area (TPSA) is 74.8 Å². The van der Waals surface area contributed by atoms with Crippen LogP contribution < -0.4 is 5.73 Å². The summed E-state index contributed by atoms with van der Waals surface area (Å²) in [4.78, 5) is 17.8. The van der Waals surface area contributed by atoms with Crippen molar-refractivity contribution in [2.75, 3.05) is 19.3 Å². The number of hydrogen-bond acceptors (Lipinski definition) is 5. The third-order valence-corrected chi connectivity index (χ3v) is 6.22. The van der Waals surface area contributed by atoms with Gasteiger partial charge in [-0.25, -0.2) is 0 Å². The van der Waals surface area contributed by atoms with Crippen LogP contribution >= 0.6 is 0 Å². The number of rotatable bonds is 10. The lowest BCUT2D eigenvalue weighted by atomic mass is 9.87. The van der Waals surface area contributed by atoms with E-state index in [2.05, 4.69) is 74.3 Å². The number of pyridine rings is 1. The van der Waals surface area contributed by atoms with Crippen molar-refractivity contribution in [3.05, 3.63) is 83.6 Å². The van der Waals surface area contributed by atoms with Crippen LogP contribution in [0.2, 0.25) is 0 Å². The van der Waals surface area contributed by atoms with E-state index in [1.807, 2.05) is 31.1 Å². The van der Waals surface area contributed by atoms with Gasteiger partial charge >= 0.3 is 0 Å². The molecule has 6 heteroatoms. The molecule has 0 aliphatic carbocycles. The monoisotopic (exact) mass is 485 g/mol. The summed E-state index contributed by atoms with van der Waals surface area (Å²) in [5.74, 6) is 0.795. The molecule has 0 bridgehead atoms. The molecule has 0 fully saturated rings. The summed E-state index contributed by atoms with van der Waals surface area (Å²) in [5, 5.41) is 6.72. The minimum atomic E-state index is 0.134. The Labute approximate surface area is 215 Å². The van der Waals surface area contributed by atoms with Crippen molar-refractivity contribution in [3.8, 4) is 11.3 Å². The SMILES string of the molecule is CCN(C=O)/C(CCCc1ccc(-c2ccc(N)cn2)cc1)=N\N(C)Cc1ccc(C(C)(C)C)cc1. The molecule has 0 atom stereocenters. The van der Waals surface area contributed by atoms with E-state index in [1.54, 1.807) is 11.1 Å². The second kappa shape index (κ2) is 12.3. The fourth-order valence-electron chi connectivity index (χ4n) is 4.04. The first kappa shape index (κ1) is 26.9. The highest BCUT2D eigenvalue weighted by Crippen LogP contribution is 2.23. The van der Waals surface area contributed by atoms with Crippen molar-refractivity contribution in [1.82, 2.24) is 14.9 Å². The van der Waals surface area contributed by atoms with Crippen molar-refractivity contribution in [2.45, 2.75) is 58.9 Å². The lowest BCUT2D eigenvalue weighted by Crippen LogP contribution is -2.31. The van der Waals surface area contributed by atoms with Gasteiger partial charge in [0.15, 0.2) is 0 Å². The lowest BCUT2D eigenvalue weighted by molar-refractivity contribution is -0.114. The van der Waals surface area contributed by atoms with Gasteiger partial charge in [-0.05, 0) is 54.0 Å². The molecule has 0 radical (unpaired) electrons. The molecule has 3 rings (SSSR count). The fourth-order valence-corrected chi connectivity index (χ4v) is 4.04. The average molecular weight is 486 g/mol. The van der Waals surface area contributed by atoms with Crippen LogP contribution in [0.4, 0.5) is 5.69 Å². The molecule has 36 heavy (non-hydrogen) atoms. The van der Waals surface area contributed by atoms with E-state index < -0.39 is 0 Å². The van der Waals surface area contributed by atoms with Gasteiger partial charge in [-0.3, -0.25) is 14.8 Å². The number of nitrogen functional groups attached to an aromatic ring is 1. The number of aromatic nitrogens is 1. The summed E-state index contributed by atoms with van der Waals surface area (Å²) >= 11 is 0. The Hall–Kier alpha value is -3.67. The Balaban J connectivity index is 1.61. The van der Waals surface area contributed by atoms with E-state index >= 15 is 0 Å². The quantitative estimate of drug-likeness (QED) is 0.169. The fraction of sp³-hybridized carbons (Fsp3) is 0.367. The van der Waals surface area contributed by atoms with Crippen molar-refractivity contribution in [3.63, 3.8) is 0 Å². The Bertz CT molecular complexity index is 1130. The number of nitrogens with zero attached hydrogens (tertiary/aromatic N) is 4. The molecule has 2 aromatic carbocycles. The highest BCUT2D eigenvalue weighted by atomic mass is 16.1. The van der Waals surface area contributed by atoms with Gasteiger partial charge in [0.05, 0.1) is 24.1 Å². The maximum Gasteiger partial charge on any atom is 0.215 e. The summed E-state index contributed by atoms with van der Waals surface area (Å²) in [6, 6.07) is 20.9. The van der Waals surface area contributed by atoms with Crippen LogP contribution in [0.3, 0.4) is 0 Å². The van der Waals surface area contributed by atoms with Crippen LogP contribution in [0.1, 0.15) is 57.2 Å². The van der Waals surface area contributed by atoms with Crippen LogP contribution in [0.15, 0.2) is 72.0 Å². The van der Waals surface area contributed by atoms with Gasteiger partial charge in [0.2, 0.25) is 6.41 Å². The van der Waals surface area contributed by atoms with Crippen molar-refractivity contribution >= 4 is 17.9 Å². The number of amidine groups is 1. The van der Waals surface area contributed by atoms with E-state index in [0.717, 1.165) is 42.8 Å². The van der Waals surface area contributed by atoms with E-state index in [0.29, 0.717) is 18.8 Å². The molecule has 0 spiro atoms. The summed E-state index contributed by atoms with van der Waals surface area (Å²) in [5.41, 5.74) is 12.3. The Morgan fingerprint density at radius 3 is 2.22 bits per heavy atom. The predicted octanol–water partition coefficient (Wildman–Crippen LogP) is 5.87. The average Bonchev–Trinajstić information content (AvgIpc) is 2.85. The first-order valence-electron chi connectivity index (χ1n) is 12.6. The van der Waals surface area contributed by atoms with Gasteiger partial charge in [-0.15, -0.1) is 0 Å². The second-order valence-corrected chi connectivity index (χ2v) is 10.2. The maximum atomic E-state index is 11.7. The highest BCUT2D eigenvalue weighted by molar-refractivity contribution is 5.90. The van der Waals surface area contributed by atoms with Crippen LogP contribution in [0.5, 0.6) is 0 Å². The number of carbonyl (C=O) groups excluding carboxylic acids is 1. The molecular weight excluding hydrogens is 446 g/mol. The molecule has 190 valence electrons. The molecule has 0 aliphatic rings. The second-order valence-electron chi connectivity index (χ2n) is 10.2. The van der Waals surface area contributed by atoms with Gasteiger partial charge in [0.25, 0.3) is 0 Å². The molecular formula is C30H39N5O. The van der Waals surface area contributed by atoms with E-state index in [9.17, 15) is 4.79 Å². The highest BCUT2D eigenvalue weighted by Gasteiger charge is 2.14. The number of carbonyl (C=O) groups is 1. The molecule has 0 unspecified atom stereocenters. The number of hydrogen-bond donors (Lipinski definition) is 1. The third kappa shape index (κ3) is 7.67. The van der Waals surface area contributed by atoms with Crippen molar-refractivity contribution in [1.29, 1.82) is 0 Å². The Morgan fingerprint density at radius 1 is 1.00 bits per heavy atom. The predicted molar refractivity (Wildman–Crippen MR) is 150 cm³/mol. The van der Waals surface area contributed by atoms with Crippen molar-refractivity contribution < 1.29 is 4.79 Å². The number of amides is 1. The molecule has 0 saturated heterocycles. The Morgan fingerprint density at radius 2 is 1.67 bits per heavy atom. The zero-order valence-electron chi connectivity index (χ0n) is 22.2. The van der Waals surface area contributed by atoms with E-state index in [4.69, 9.17) is 10.8 Å². The summed E-state index contributed by atoms with van der Waals surface area (Å²) in [6.45, 7) is 9.91. The maximum absolute atomic E-state index is 11.7. The molecule has 0 saturated carbocycles.